The highest BCUT2D eigenvalue weighted by molar-refractivity contribution is 8.00. The molecule has 1 aromatic carbocycles. The van der Waals surface area contributed by atoms with E-state index in [1.807, 2.05) is 40.7 Å². The van der Waals surface area contributed by atoms with Gasteiger partial charge in [0.15, 0.2) is 11.0 Å². The number of hydrogen-bond acceptors (Lipinski definition) is 5. The molecule has 1 atom stereocenters. The number of furan rings is 1. The summed E-state index contributed by atoms with van der Waals surface area (Å²) >= 11 is 1.47. The molecule has 7 heteroatoms. The lowest BCUT2D eigenvalue weighted by molar-refractivity contribution is -0.131. The zero-order valence-corrected chi connectivity index (χ0v) is 18.6. The summed E-state index contributed by atoms with van der Waals surface area (Å²) in [6.07, 6.45) is 3.83. The number of rotatable bonds is 6. The Labute approximate surface area is 181 Å². The standard InChI is InChI=1S/C23H28N4O2S/c1-16-10-12-26(13-11-16)22(28)18(3)30-23-25-24-21(20-9-5-4-7-17(20)2)27(23)15-19-8-6-14-29-19/h4-9,14,16,18H,10-13,15H2,1-3H3. The number of carbonyl (C=O) groups is 1. The van der Waals surface area contributed by atoms with E-state index in [2.05, 4.69) is 36.2 Å². The molecule has 6 nitrogen and oxygen atoms in total. The Morgan fingerprint density at radius 3 is 2.67 bits per heavy atom. The summed E-state index contributed by atoms with van der Waals surface area (Å²) in [6, 6.07) is 12.0. The molecule has 1 unspecified atom stereocenters. The van der Waals surface area contributed by atoms with Crippen LogP contribution in [0.4, 0.5) is 0 Å². The summed E-state index contributed by atoms with van der Waals surface area (Å²) in [5.74, 6) is 2.50. The molecule has 0 radical (unpaired) electrons. The van der Waals surface area contributed by atoms with Gasteiger partial charge >= 0.3 is 0 Å². The van der Waals surface area contributed by atoms with E-state index in [1.54, 1.807) is 6.26 Å². The highest BCUT2D eigenvalue weighted by Crippen LogP contribution is 2.30. The largest absolute Gasteiger partial charge is 0.467 e. The van der Waals surface area contributed by atoms with Gasteiger partial charge in [0.2, 0.25) is 5.91 Å². The van der Waals surface area contributed by atoms with E-state index < -0.39 is 0 Å². The highest BCUT2D eigenvalue weighted by Gasteiger charge is 2.27. The predicted molar refractivity (Wildman–Crippen MR) is 118 cm³/mol. The van der Waals surface area contributed by atoms with Gasteiger partial charge in [0.1, 0.15) is 5.76 Å². The molecule has 1 saturated heterocycles. The second kappa shape index (κ2) is 9.08. The smallest absolute Gasteiger partial charge is 0.235 e. The monoisotopic (exact) mass is 424 g/mol. The highest BCUT2D eigenvalue weighted by atomic mass is 32.2. The minimum Gasteiger partial charge on any atom is -0.467 e. The summed E-state index contributed by atoms with van der Waals surface area (Å²) in [6.45, 7) is 8.50. The van der Waals surface area contributed by atoms with Gasteiger partial charge in [0.25, 0.3) is 0 Å². The minimum atomic E-state index is -0.220. The van der Waals surface area contributed by atoms with E-state index in [0.717, 1.165) is 53.8 Å². The third-order valence-electron chi connectivity index (χ3n) is 5.72. The summed E-state index contributed by atoms with van der Waals surface area (Å²) in [4.78, 5) is 15.0. The van der Waals surface area contributed by atoms with E-state index in [0.29, 0.717) is 12.5 Å². The zero-order chi connectivity index (χ0) is 21.1. The number of aromatic nitrogens is 3. The molecule has 1 fully saturated rings. The normalized spacial score (nSPS) is 16.0. The van der Waals surface area contributed by atoms with Crippen LogP contribution in [-0.4, -0.2) is 43.9 Å². The van der Waals surface area contributed by atoms with E-state index >= 15 is 0 Å². The second-order valence-corrected chi connectivity index (χ2v) is 9.36. The van der Waals surface area contributed by atoms with E-state index in [4.69, 9.17) is 4.42 Å². The Morgan fingerprint density at radius 1 is 1.20 bits per heavy atom. The van der Waals surface area contributed by atoms with Crippen molar-refractivity contribution in [3.05, 3.63) is 54.0 Å². The SMILES string of the molecule is Cc1ccccc1-c1nnc(SC(C)C(=O)N2CCC(C)CC2)n1Cc1ccco1. The molecule has 0 N–H and O–H groups in total. The fourth-order valence-corrected chi connectivity index (χ4v) is 4.73. The van der Waals surface area contributed by atoms with Gasteiger partial charge in [0, 0.05) is 18.7 Å². The van der Waals surface area contributed by atoms with Crippen molar-refractivity contribution in [2.24, 2.45) is 5.92 Å². The van der Waals surface area contributed by atoms with Gasteiger partial charge in [-0.3, -0.25) is 9.36 Å². The third kappa shape index (κ3) is 4.46. The maximum absolute atomic E-state index is 13.0. The summed E-state index contributed by atoms with van der Waals surface area (Å²) in [5, 5.41) is 9.46. The van der Waals surface area contributed by atoms with Gasteiger partial charge in [-0.25, -0.2) is 0 Å². The van der Waals surface area contributed by atoms with Crippen LogP contribution in [0.2, 0.25) is 0 Å². The molecule has 30 heavy (non-hydrogen) atoms. The lowest BCUT2D eigenvalue weighted by Crippen LogP contribution is -2.41. The lowest BCUT2D eigenvalue weighted by atomic mass is 9.99. The Kier molecular flexibility index (Phi) is 6.27. The first kappa shape index (κ1) is 20.7. The number of likely N-dealkylation sites (tertiary alicyclic amines) is 1. The summed E-state index contributed by atoms with van der Waals surface area (Å²) in [5.41, 5.74) is 2.17. The number of hydrogen-bond donors (Lipinski definition) is 0. The van der Waals surface area contributed by atoms with Gasteiger partial charge in [-0.2, -0.15) is 0 Å². The van der Waals surface area contributed by atoms with E-state index in [-0.39, 0.29) is 11.2 Å². The molecule has 1 aliphatic heterocycles. The Morgan fingerprint density at radius 2 is 1.97 bits per heavy atom. The molecule has 4 rings (SSSR count). The molecule has 0 aliphatic carbocycles. The average molecular weight is 425 g/mol. The van der Waals surface area contributed by atoms with Gasteiger partial charge in [-0.1, -0.05) is 43.0 Å². The predicted octanol–water partition coefficient (Wildman–Crippen LogP) is 4.63. The van der Waals surface area contributed by atoms with Crippen LogP contribution in [0.1, 0.15) is 38.0 Å². The maximum atomic E-state index is 13.0. The lowest BCUT2D eigenvalue weighted by Gasteiger charge is -2.31. The molecule has 3 aromatic rings. The molecule has 3 heterocycles. The van der Waals surface area contributed by atoms with Gasteiger partial charge in [-0.05, 0) is 50.3 Å². The van der Waals surface area contributed by atoms with E-state index in [1.165, 1.54) is 11.8 Å². The maximum Gasteiger partial charge on any atom is 0.235 e. The molecular formula is C23H28N4O2S. The van der Waals surface area contributed by atoms with Crippen molar-refractivity contribution < 1.29 is 9.21 Å². The van der Waals surface area contributed by atoms with Crippen molar-refractivity contribution in [3.63, 3.8) is 0 Å². The fraction of sp³-hybridized carbons (Fsp3) is 0.435. The summed E-state index contributed by atoms with van der Waals surface area (Å²) < 4.78 is 7.63. The number of nitrogens with zero attached hydrogens (tertiary/aromatic N) is 4. The van der Waals surface area contributed by atoms with Gasteiger partial charge < -0.3 is 9.32 Å². The van der Waals surface area contributed by atoms with Crippen LogP contribution in [0, 0.1) is 12.8 Å². The second-order valence-electron chi connectivity index (χ2n) is 8.05. The number of thioether (sulfide) groups is 1. The minimum absolute atomic E-state index is 0.178. The zero-order valence-electron chi connectivity index (χ0n) is 17.7. The molecule has 0 spiro atoms. The quantitative estimate of drug-likeness (QED) is 0.540. The number of aryl methyl sites for hydroxylation is 1. The van der Waals surface area contributed by atoms with Crippen LogP contribution in [-0.2, 0) is 11.3 Å². The first-order valence-corrected chi connectivity index (χ1v) is 11.4. The number of piperidine rings is 1. The van der Waals surface area contributed by atoms with Crippen molar-refractivity contribution in [1.29, 1.82) is 0 Å². The number of benzene rings is 1. The topological polar surface area (TPSA) is 64.2 Å². The van der Waals surface area contributed by atoms with Crippen LogP contribution in [0.25, 0.3) is 11.4 Å². The van der Waals surface area contributed by atoms with Crippen LogP contribution >= 0.6 is 11.8 Å². The third-order valence-corrected chi connectivity index (χ3v) is 6.79. The van der Waals surface area contributed by atoms with Crippen molar-refractivity contribution in [3.8, 4) is 11.4 Å². The Bertz CT molecular complexity index is 991. The van der Waals surface area contributed by atoms with Crippen LogP contribution < -0.4 is 0 Å². The molecule has 1 aliphatic rings. The first-order chi connectivity index (χ1) is 14.5. The molecule has 1 amide bonds. The van der Waals surface area contributed by atoms with Crippen molar-refractivity contribution >= 4 is 17.7 Å². The molecule has 2 aromatic heterocycles. The van der Waals surface area contributed by atoms with Crippen LogP contribution in [0.3, 0.4) is 0 Å². The van der Waals surface area contributed by atoms with E-state index in [9.17, 15) is 4.79 Å². The van der Waals surface area contributed by atoms with Gasteiger partial charge in [-0.15, -0.1) is 10.2 Å². The fourth-order valence-electron chi connectivity index (χ4n) is 3.79. The molecule has 158 valence electrons. The van der Waals surface area contributed by atoms with Crippen LogP contribution in [0.5, 0.6) is 0 Å². The Balaban J connectivity index is 1.59. The van der Waals surface area contributed by atoms with Crippen LogP contribution in [0.15, 0.2) is 52.2 Å². The molecule has 0 bridgehead atoms. The molecule has 0 saturated carbocycles. The van der Waals surface area contributed by atoms with Gasteiger partial charge in [0.05, 0.1) is 18.1 Å². The number of carbonyl (C=O) groups excluding carboxylic acids is 1. The van der Waals surface area contributed by atoms with Crippen molar-refractivity contribution in [2.75, 3.05) is 13.1 Å². The van der Waals surface area contributed by atoms with Crippen molar-refractivity contribution in [2.45, 2.75) is 50.6 Å². The first-order valence-electron chi connectivity index (χ1n) is 10.5. The number of amides is 1. The summed E-state index contributed by atoms with van der Waals surface area (Å²) in [7, 11) is 0. The molecular weight excluding hydrogens is 396 g/mol. The average Bonchev–Trinajstić information content (AvgIpc) is 3.39. The van der Waals surface area contributed by atoms with Crippen molar-refractivity contribution in [1.82, 2.24) is 19.7 Å². The Hall–Kier alpha value is -2.54.